The number of amides is 1. The van der Waals surface area contributed by atoms with Gasteiger partial charge in [-0.1, -0.05) is 80.6 Å². The lowest BCUT2D eigenvalue weighted by Crippen LogP contribution is -2.71. The van der Waals surface area contributed by atoms with Gasteiger partial charge < -0.3 is 39.6 Å². The van der Waals surface area contributed by atoms with Gasteiger partial charge in [-0.25, -0.2) is 9.59 Å². The van der Waals surface area contributed by atoms with Crippen LogP contribution < -0.4 is 5.32 Å². The summed E-state index contributed by atoms with van der Waals surface area (Å²) in [4.78, 5) is 95.3. The number of allylic oxidation sites excluding steroid dienone is 1. The van der Waals surface area contributed by atoms with Crippen LogP contribution in [0.5, 0.6) is 0 Å². The molecule has 0 aromatic heterocycles. The maximum Gasteiger partial charge on any atom is 0.338 e. The van der Waals surface area contributed by atoms with Gasteiger partial charge in [-0.2, -0.15) is 0 Å². The van der Waals surface area contributed by atoms with E-state index in [1.165, 1.54) is 52.0 Å². The molecule has 3 aromatic carbocycles. The Kier molecular flexibility index (Phi) is 12.1. The molecule has 3 aliphatic rings. The Morgan fingerprint density at radius 1 is 0.803 bits per heavy atom. The minimum Gasteiger partial charge on any atom is -0.456 e. The first-order valence-corrected chi connectivity index (χ1v) is 19.5. The zero-order valence-electron chi connectivity index (χ0n) is 34.3. The number of carbonyl (C=O) groups excluding carboxylic acids is 7. The lowest BCUT2D eigenvalue weighted by atomic mass is 9.50. The molecule has 0 spiro atoms. The molecule has 3 aliphatic carbocycles. The van der Waals surface area contributed by atoms with Crippen LogP contribution in [0.15, 0.2) is 114 Å². The van der Waals surface area contributed by atoms with Gasteiger partial charge in [0.05, 0.1) is 22.9 Å². The second-order valence-electron chi connectivity index (χ2n) is 16.2. The summed E-state index contributed by atoms with van der Waals surface area (Å²) in [7, 11) is 0. The highest BCUT2D eigenvalue weighted by Crippen LogP contribution is 2.63. The third kappa shape index (κ3) is 7.80. The highest BCUT2D eigenvalue weighted by Gasteiger charge is 2.74. The highest BCUT2D eigenvalue weighted by atomic mass is 16.7. The SMILES string of the molecule is CC(=O)O[C@H]1C(=O)[C@]2(C)C(C=O)=C[C@@](O)(OC(C)=O)C2[C@H](OC(=O)c2ccccc2)[C@]2(O)C[C@H](OC(=O)[C@H](O)[C@@H](NC(=O)c3ccccc3)c3ccccc3)C(C)=C1C2(C)C. The molecule has 0 saturated heterocycles. The van der Waals surface area contributed by atoms with Gasteiger partial charge in [-0.3, -0.25) is 24.0 Å². The van der Waals surface area contributed by atoms with Crippen molar-refractivity contribution in [3.63, 3.8) is 0 Å². The second-order valence-corrected chi connectivity index (χ2v) is 16.2. The quantitative estimate of drug-likeness (QED) is 0.0711. The molecule has 320 valence electrons. The average molecular weight is 838 g/mol. The minimum atomic E-state index is -2.91. The fourth-order valence-electron chi connectivity index (χ4n) is 9.12. The summed E-state index contributed by atoms with van der Waals surface area (Å²) in [6.45, 7) is 7.59. The van der Waals surface area contributed by atoms with Gasteiger partial charge in [-0.05, 0) is 60.9 Å². The number of rotatable bonds is 11. The molecule has 1 fully saturated rings. The molecule has 0 radical (unpaired) electrons. The number of nitrogens with one attached hydrogen (secondary N) is 1. The predicted octanol–water partition coefficient (Wildman–Crippen LogP) is 3.66. The molecule has 61 heavy (non-hydrogen) atoms. The van der Waals surface area contributed by atoms with Gasteiger partial charge in [-0.15, -0.1) is 0 Å². The maximum atomic E-state index is 15.2. The number of hydrogen-bond donors (Lipinski definition) is 4. The summed E-state index contributed by atoms with van der Waals surface area (Å²) in [6, 6.07) is 22.4. The number of esters is 4. The zero-order chi connectivity index (χ0) is 44.7. The Bertz CT molecular complexity index is 2310. The first kappa shape index (κ1) is 44.3. The maximum absolute atomic E-state index is 15.2. The van der Waals surface area contributed by atoms with Crippen molar-refractivity contribution in [2.45, 2.75) is 89.8 Å². The number of benzene rings is 3. The molecular weight excluding hydrogens is 790 g/mol. The first-order valence-electron chi connectivity index (χ1n) is 19.5. The summed E-state index contributed by atoms with van der Waals surface area (Å²) in [6.07, 6.45) is -7.25. The number of aldehydes is 1. The van der Waals surface area contributed by atoms with Crippen LogP contribution in [-0.2, 0) is 42.9 Å². The van der Waals surface area contributed by atoms with Crippen LogP contribution in [0.4, 0.5) is 0 Å². The van der Waals surface area contributed by atoms with Gasteiger partial charge in [0, 0.05) is 36.8 Å². The first-order chi connectivity index (χ1) is 28.7. The van der Waals surface area contributed by atoms with Crippen LogP contribution in [0.25, 0.3) is 0 Å². The molecule has 4 N–H and O–H groups in total. The Morgan fingerprint density at radius 3 is 1.90 bits per heavy atom. The van der Waals surface area contributed by atoms with Crippen LogP contribution in [0.2, 0.25) is 0 Å². The largest absolute Gasteiger partial charge is 0.456 e. The second kappa shape index (κ2) is 16.6. The Balaban J connectivity index is 1.53. The number of ether oxygens (including phenoxy) is 4. The van der Waals surface area contributed by atoms with Crippen molar-refractivity contribution in [2.24, 2.45) is 16.7 Å². The van der Waals surface area contributed by atoms with Gasteiger partial charge >= 0.3 is 23.9 Å². The number of aliphatic hydroxyl groups excluding tert-OH is 1. The van der Waals surface area contributed by atoms with E-state index in [2.05, 4.69) is 5.32 Å². The van der Waals surface area contributed by atoms with Crippen molar-refractivity contribution in [1.82, 2.24) is 5.32 Å². The van der Waals surface area contributed by atoms with Crippen LogP contribution in [0.1, 0.15) is 80.3 Å². The molecule has 1 saturated carbocycles. The lowest BCUT2D eigenvalue weighted by molar-refractivity contribution is -0.265. The predicted molar refractivity (Wildman–Crippen MR) is 214 cm³/mol. The van der Waals surface area contributed by atoms with Crippen LogP contribution in [0, 0.1) is 16.7 Å². The molecule has 1 unspecified atom stereocenters. The van der Waals surface area contributed by atoms with Gasteiger partial charge in [0.25, 0.3) is 5.91 Å². The minimum absolute atomic E-state index is 0.0206. The summed E-state index contributed by atoms with van der Waals surface area (Å²) in [5.41, 5.74) is -6.51. The molecule has 1 amide bonds. The smallest absolute Gasteiger partial charge is 0.338 e. The standard InChI is InChI=1S/C46H47NO14/c1-25-32(59-42(55)35(51)34(28-16-10-7-11-17-28)47-40(53)29-18-12-8-13-19-29)23-45(56)39(60-41(54)30-20-14-9-15-21-30)37-44(6,31(24-48)22-46(37,57)61-27(3)50)38(52)36(58-26(2)49)33(25)43(45,4)5/h7-22,24,32,34-37,39,51,56-57H,23H2,1-6H3,(H,47,53)/t32-,34-,35+,36+,37?,39-,44+,45+,46+/m0/s1. The van der Waals surface area contributed by atoms with Crippen molar-refractivity contribution in [3.05, 3.63) is 130 Å². The van der Waals surface area contributed by atoms with E-state index in [9.17, 15) is 44.1 Å². The highest BCUT2D eigenvalue weighted by molar-refractivity contribution is 6.02. The molecule has 3 aromatic rings. The number of Topliss-reactive ketones (excluding diaryl/α,β-unsaturated/α-hetero) is 1. The topological polar surface area (TPSA) is 229 Å². The summed E-state index contributed by atoms with van der Waals surface area (Å²) >= 11 is 0. The average Bonchev–Trinajstić information content (AvgIpc) is 3.45. The van der Waals surface area contributed by atoms with Crippen molar-refractivity contribution >= 4 is 41.9 Å². The van der Waals surface area contributed by atoms with E-state index in [0.717, 1.165) is 19.9 Å². The van der Waals surface area contributed by atoms with Crippen molar-refractivity contribution < 1.29 is 67.8 Å². The van der Waals surface area contributed by atoms with E-state index >= 15 is 4.79 Å². The van der Waals surface area contributed by atoms with Crippen molar-refractivity contribution in [1.29, 1.82) is 0 Å². The van der Waals surface area contributed by atoms with Gasteiger partial charge in [0.1, 0.15) is 24.1 Å². The van der Waals surface area contributed by atoms with E-state index < -0.39 is 106 Å². The molecule has 15 nitrogen and oxygen atoms in total. The molecule has 2 bridgehead atoms. The zero-order valence-corrected chi connectivity index (χ0v) is 34.3. The third-order valence-electron chi connectivity index (χ3n) is 12.2. The normalized spacial score (nSPS) is 28.7. The summed E-state index contributed by atoms with van der Waals surface area (Å²) < 4.78 is 23.3. The molecule has 0 heterocycles. The van der Waals surface area contributed by atoms with E-state index in [-0.39, 0.29) is 28.6 Å². The van der Waals surface area contributed by atoms with Crippen LogP contribution >= 0.6 is 0 Å². The fraction of sp³-hybridized carbons (Fsp3) is 0.370. The number of hydrogen-bond acceptors (Lipinski definition) is 14. The van der Waals surface area contributed by atoms with E-state index in [4.69, 9.17) is 18.9 Å². The number of carbonyl (C=O) groups is 7. The monoisotopic (exact) mass is 837 g/mol. The Hall–Kier alpha value is -6.29. The van der Waals surface area contributed by atoms with Gasteiger partial charge in [0.15, 0.2) is 18.0 Å². The van der Waals surface area contributed by atoms with E-state index in [0.29, 0.717) is 5.56 Å². The van der Waals surface area contributed by atoms with Crippen LogP contribution in [-0.4, -0.2) is 93.0 Å². The lowest BCUT2D eigenvalue weighted by Gasteiger charge is -2.59. The van der Waals surface area contributed by atoms with E-state index in [1.54, 1.807) is 66.7 Å². The van der Waals surface area contributed by atoms with E-state index in [1.807, 2.05) is 0 Å². The Morgan fingerprint density at radius 2 is 1.36 bits per heavy atom. The molecular formula is C46H47NO14. The van der Waals surface area contributed by atoms with Gasteiger partial charge in [0.2, 0.25) is 5.79 Å². The Labute approximate surface area is 351 Å². The third-order valence-corrected chi connectivity index (χ3v) is 12.2. The molecule has 15 heteroatoms. The van der Waals surface area contributed by atoms with Crippen molar-refractivity contribution in [3.8, 4) is 0 Å². The fourth-order valence-corrected chi connectivity index (χ4v) is 9.12. The molecule has 6 rings (SSSR count). The number of fused-ring (bicyclic) bond motifs is 3. The number of ketones is 1. The van der Waals surface area contributed by atoms with Crippen LogP contribution in [0.3, 0.4) is 0 Å². The number of aliphatic hydroxyl groups is 3. The molecule has 9 atom stereocenters. The summed E-state index contributed by atoms with van der Waals surface area (Å²) in [5.74, 6) is -10.9. The van der Waals surface area contributed by atoms with Crippen molar-refractivity contribution in [2.75, 3.05) is 0 Å². The summed E-state index contributed by atoms with van der Waals surface area (Å²) in [5, 5.41) is 40.2. The molecule has 0 aliphatic heterocycles.